The van der Waals surface area contributed by atoms with E-state index in [-0.39, 0.29) is 5.91 Å². The number of nitrogens with zero attached hydrogens (tertiary/aromatic N) is 1. The third-order valence-corrected chi connectivity index (χ3v) is 3.51. The van der Waals surface area contributed by atoms with Crippen molar-refractivity contribution in [2.75, 3.05) is 20.6 Å². The second kappa shape index (κ2) is 6.74. The van der Waals surface area contributed by atoms with E-state index in [1.54, 1.807) is 11.3 Å². The van der Waals surface area contributed by atoms with E-state index >= 15 is 0 Å². The smallest absolute Gasteiger partial charge is 0.249 e. The molecule has 0 fully saturated rings. The van der Waals surface area contributed by atoms with Crippen LogP contribution >= 0.6 is 11.3 Å². The number of nitrogens with one attached hydrogen (secondary N) is 1. The highest BCUT2D eigenvalue weighted by atomic mass is 32.1. The first kappa shape index (κ1) is 14.2. The monoisotopic (exact) mass is 255 g/mol. The summed E-state index contributed by atoms with van der Waals surface area (Å²) >= 11 is 1.57. The number of hydrogen-bond donors (Lipinski definition) is 2. The third kappa shape index (κ3) is 5.30. The SMILES string of the molecule is CC(CCN(C)C)NCc1cc(C(N)=O)cs1. The summed E-state index contributed by atoms with van der Waals surface area (Å²) in [6, 6.07) is 2.33. The summed E-state index contributed by atoms with van der Waals surface area (Å²) in [5, 5.41) is 5.25. The minimum Gasteiger partial charge on any atom is -0.366 e. The molecule has 1 atom stereocenters. The molecule has 0 bridgehead atoms. The number of carbonyl (C=O) groups is 1. The summed E-state index contributed by atoms with van der Waals surface area (Å²) in [5.74, 6) is -0.354. The lowest BCUT2D eigenvalue weighted by Crippen LogP contribution is -2.29. The predicted octanol–water partition coefficient (Wildman–Crippen LogP) is 1.28. The predicted molar refractivity (Wildman–Crippen MR) is 72.3 cm³/mol. The lowest BCUT2D eigenvalue weighted by molar-refractivity contribution is 0.100. The second-order valence-corrected chi connectivity index (χ2v) is 5.54. The van der Waals surface area contributed by atoms with Crippen molar-refractivity contribution in [2.45, 2.75) is 25.9 Å². The molecule has 0 spiro atoms. The van der Waals surface area contributed by atoms with Gasteiger partial charge < -0.3 is 16.0 Å². The van der Waals surface area contributed by atoms with Crippen molar-refractivity contribution in [1.82, 2.24) is 10.2 Å². The van der Waals surface area contributed by atoms with Gasteiger partial charge in [-0.05, 0) is 40.1 Å². The summed E-state index contributed by atoms with van der Waals surface area (Å²) in [6.45, 7) is 4.05. The van der Waals surface area contributed by atoms with Crippen LogP contribution in [0, 0.1) is 0 Å². The van der Waals surface area contributed by atoms with E-state index in [1.165, 1.54) is 0 Å². The van der Waals surface area contributed by atoms with Crippen molar-refractivity contribution in [3.63, 3.8) is 0 Å². The maximum absolute atomic E-state index is 10.9. The zero-order chi connectivity index (χ0) is 12.8. The molecule has 1 heterocycles. The zero-order valence-electron chi connectivity index (χ0n) is 10.7. The maximum atomic E-state index is 10.9. The molecule has 1 rings (SSSR count). The molecule has 4 nitrogen and oxygen atoms in total. The summed E-state index contributed by atoms with van der Waals surface area (Å²) in [6.07, 6.45) is 1.11. The van der Waals surface area contributed by atoms with Crippen LogP contribution in [0.25, 0.3) is 0 Å². The highest BCUT2D eigenvalue weighted by Crippen LogP contribution is 2.14. The fourth-order valence-electron chi connectivity index (χ4n) is 1.43. The van der Waals surface area contributed by atoms with Crippen LogP contribution in [0.2, 0.25) is 0 Å². The van der Waals surface area contributed by atoms with Crippen LogP contribution in [0.1, 0.15) is 28.6 Å². The lowest BCUT2D eigenvalue weighted by Gasteiger charge is -2.16. The molecule has 1 amide bonds. The van der Waals surface area contributed by atoms with Gasteiger partial charge in [0.2, 0.25) is 5.91 Å². The van der Waals surface area contributed by atoms with Crippen LogP contribution in [0.4, 0.5) is 0 Å². The van der Waals surface area contributed by atoms with Crippen molar-refractivity contribution in [3.05, 3.63) is 21.9 Å². The van der Waals surface area contributed by atoms with Crippen LogP contribution in [0.5, 0.6) is 0 Å². The van der Waals surface area contributed by atoms with Gasteiger partial charge in [-0.15, -0.1) is 11.3 Å². The standard InChI is InChI=1S/C12H21N3OS/c1-9(4-5-15(2)3)14-7-11-6-10(8-17-11)12(13)16/h6,8-9,14H,4-5,7H2,1-3H3,(H2,13,16). The topological polar surface area (TPSA) is 58.4 Å². The van der Waals surface area contributed by atoms with Crippen molar-refractivity contribution < 1.29 is 4.79 Å². The Bertz CT molecular complexity index is 362. The van der Waals surface area contributed by atoms with Gasteiger partial charge >= 0.3 is 0 Å². The molecule has 17 heavy (non-hydrogen) atoms. The molecule has 0 aromatic carbocycles. The molecule has 5 heteroatoms. The Morgan fingerprint density at radius 2 is 2.29 bits per heavy atom. The zero-order valence-corrected chi connectivity index (χ0v) is 11.5. The van der Waals surface area contributed by atoms with Gasteiger partial charge in [0.05, 0.1) is 5.56 Å². The first-order valence-electron chi connectivity index (χ1n) is 5.74. The molecule has 1 aromatic heterocycles. The molecular formula is C12H21N3OS. The highest BCUT2D eigenvalue weighted by Gasteiger charge is 2.06. The van der Waals surface area contributed by atoms with Crippen molar-refractivity contribution in [3.8, 4) is 0 Å². The van der Waals surface area contributed by atoms with Gasteiger partial charge in [0.25, 0.3) is 0 Å². The fourth-order valence-corrected chi connectivity index (χ4v) is 2.26. The van der Waals surface area contributed by atoms with Crippen molar-refractivity contribution in [1.29, 1.82) is 0 Å². The van der Waals surface area contributed by atoms with Gasteiger partial charge in [-0.1, -0.05) is 0 Å². The minimum atomic E-state index is -0.354. The molecular weight excluding hydrogens is 234 g/mol. The average molecular weight is 255 g/mol. The third-order valence-electron chi connectivity index (χ3n) is 2.57. The molecule has 0 aliphatic heterocycles. The highest BCUT2D eigenvalue weighted by molar-refractivity contribution is 7.10. The van der Waals surface area contributed by atoms with Crippen LogP contribution in [-0.4, -0.2) is 37.5 Å². The summed E-state index contributed by atoms with van der Waals surface area (Å²) in [7, 11) is 4.15. The number of primary amides is 1. The van der Waals surface area contributed by atoms with Crippen LogP contribution in [0.3, 0.4) is 0 Å². The Kier molecular flexibility index (Phi) is 5.61. The number of amides is 1. The van der Waals surface area contributed by atoms with E-state index in [9.17, 15) is 4.79 Å². The molecule has 3 N–H and O–H groups in total. The van der Waals surface area contributed by atoms with Gasteiger partial charge in [0.1, 0.15) is 0 Å². The number of hydrogen-bond acceptors (Lipinski definition) is 4. The van der Waals surface area contributed by atoms with Gasteiger partial charge in [-0.2, -0.15) is 0 Å². The van der Waals surface area contributed by atoms with Gasteiger partial charge in [0.15, 0.2) is 0 Å². The Hall–Kier alpha value is -0.910. The molecule has 0 saturated carbocycles. The number of rotatable bonds is 7. The normalized spacial score (nSPS) is 12.9. The Morgan fingerprint density at radius 3 is 2.82 bits per heavy atom. The second-order valence-electron chi connectivity index (χ2n) is 4.54. The summed E-state index contributed by atoms with van der Waals surface area (Å²) in [4.78, 5) is 14.3. The molecule has 1 unspecified atom stereocenters. The molecule has 1 aromatic rings. The Balaban J connectivity index is 2.31. The number of carbonyl (C=O) groups excluding carboxylic acids is 1. The molecule has 0 aliphatic rings. The molecule has 0 radical (unpaired) electrons. The molecule has 0 saturated heterocycles. The fraction of sp³-hybridized carbons (Fsp3) is 0.583. The first-order chi connectivity index (χ1) is 7.99. The Morgan fingerprint density at radius 1 is 1.59 bits per heavy atom. The van der Waals surface area contributed by atoms with E-state index in [0.717, 1.165) is 24.4 Å². The minimum absolute atomic E-state index is 0.354. The average Bonchev–Trinajstić information content (AvgIpc) is 2.72. The van der Waals surface area contributed by atoms with Gasteiger partial charge in [-0.25, -0.2) is 0 Å². The number of nitrogens with two attached hydrogens (primary N) is 1. The van der Waals surface area contributed by atoms with Crippen molar-refractivity contribution >= 4 is 17.2 Å². The largest absolute Gasteiger partial charge is 0.366 e. The summed E-state index contributed by atoms with van der Waals surface area (Å²) in [5.41, 5.74) is 5.81. The molecule has 0 aliphatic carbocycles. The Labute approximate surface area is 107 Å². The first-order valence-corrected chi connectivity index (χ1v) is 6.62. The summed E-state index contributed by atoms with van der Waals surface area (Å²) < 4.78 is 0. The van der Waals surface area contributed by atoms with Crippen molar-refractivity contribution in [2.24, 2.45) is 5.73 Å². The van der Waals surface area contributed by atoms with Gasteiger partial charge in [0, 0.05) is 22.8 Å². The van der Waals surface area contributed by atoms with Crippen LogP contribution in [-0.2, 0) is 6.54 Å². The van der Waals surface area contributed by atoms with E-state index in [4.69, 9.17) is 5.73 Å². The van der Waals surface area contributed by atoms with E-state index in [2.05, 4.69) is 31.2 Å². The molecule has 96 valence electrons. The lowest BCUT2D eigenvalue weighted by atomic mass is 10.2. The van der Waals surface area contributed by atoms with E-state index in [1.807, 2.05) is 11.4 Å². The van der Waals surface area contributed by atoms with Crippen LogP contribution < -0.4 is 11.1 Å². The van der Waals surface area contributed by atoms with E-state index < -0.39 is 0 Å². The maximum Gasteiger partial charge on any atom is 0.249 e. The van der Waals surface area contributed by atoms with Crippen LogP contribution in [0.15, 0.2) is 11.4 Å². The number of thiophene rings is 1. The van der Waals surface area contributed by atoms with E-state index in [0.29, 0.717) is 11.6 Å². The van der Waals surface area contributed by atoms with Gasteiger partial charge in [-0.3, -0.25) is 4.79 Å². The quantitative estimate of drug-likeness (QED) is 0.771.